The standard InChI is InChI=1S/3C11H20O2.Eu/c3*1-10(2,3)8(12)7-9(13)11(4,5)6;/h3*7,12H,1-6H3;. The van der Waals surface area contributed by atoms with Gasteiger partial charge >= 0.3 is 0 Å². The Morgan fingerprint density at radius 1 is 0.350 bits per heavy atom. The second kappa shape index (κ2) is 16.7. The van der Waals surface area contributed by atoms with E-state index in [1.807, 2.05) is 125 Å². The molecule has 235 valence electrons. The first-order valence-electron chi connectivity index (χ1n) is 13.5. The monoisotopic (exact) mass is 705 g/mol. The van der Waals surface area contributed by atoms with Crippen LogP contribution in [-0.2, 0) is 14.4 Å². The normalized spacial score (nSPS) is 14.1. The molecule has 0 aliphatic heterocycles. The summed E-state index contributed by atoms with van der Waals surface area (Å²) in [5.74, 6) is 0.312. The van der Waals surface area contributed by atoms with Crippen LogP contribution in [0.3, 0.4) is 0 Å². The summed E-state index contributed by atoms with van der Waals surface area (Å²) >= 11 is 0. The Morgan fingerprint density at radius 2 is 0.475 bits per heavy atom. The Bertz CT molecular complexity index is 801. The Labute approximate surface area is 286 Å². The fraction of sp³-hybridized carbons (Fsp3) is 0.727. The molecule has 0 heterocycles. The van der Waals surface area contributed by atoms with Gasteiger partial charge in [-0.15, -0.1) is 0 Å². The third-order valence-electron chi connectivity index (χ3n) is 5.33. The predicted molar refractivity (Wildman–Crippen MR) is 164 cm³/mol. The average Bonchev–Trinajstić information content (AvgIpc) is 2.64. The van der Waals surface area contributed by atoms with Crippen LogP contribution >= 0.6 is 0 Å². The van der Waals surface area contributed by atoms with E-state index in [4.69, 9.17) is 0 Å². The zero-order chi connectivity index (χ0) is 32.6. The number of rotatable bonds is 3. The van der Waals surface area contributed by atoms with Gasteiger partial charge in [0.2, 0.25) is 0 Å². The summed E-state index contributed by atoms with van der Waals surface area (Å²) in [7, 11) is 0. The second-order valence-electron chi connectivity index (χ2n) is 16.2. The van der Waals surface area contributed by atoms with E-state index >= 15 is 0 Å². The zero-order valence-corrected chi connectivity index (χ0v) is 31.1. The maximum absolute atomic E-state index is 11.5. The van der Waals surface area contributed by atoms with Gasteiger partial charge in [0.1, 0.15) is 17.3 Å². The molecule has 1 radical (unpaired) electrons. The van der Waals surface area contributed by atoms with E-state index in [1.165, 1.54) is 18.2 Å². The van der Waals surface area contributed by atoms with E-state index in [9.17, 15) is 29.7 Å². The molecule has 0 fully saturated rings. The minimum atomic E-state index is -0.417. The van der Waals surface area contributed by atoms with Crippen LogP contribution in [-0.4, -0.2) is 32.7 Å². The van der Waals surface area contributed by atoms with Crippen LogP contribution in [0.25, 0.3) is 0 Å². The minimum Gasteiger partial charge on any atom is -0.512 e. The van der Waals surface area contributed by atoms with Gasteiger partial charge in [-0.25, -0.2) is 0 Å². The molecule has 0 aromatic carbocycles. The number of hydrogen-bond donors (Lipinski definition) is 3. The first kappa shape index (κ1) is 46.2. The predicted octanol–water partition coefficient (Wildman–Crippen LogP) is 9.27. The zero-order valence-electron chi connectivity index (χ0n) is 28.7. The van der Waals surface area contributed by atoms with Crippen LogP contribution in [0, 0.1) is 81.9 Å². The molecule has 0 aromatic heterocycles. The second-order valence-corrected chi connectivity index (χ2v) is 16.2. The van der Waals surface area contributed by atoms with E-state index in [2.05, 4.69) is 0 Å². The van der Waals surface area contributed by atoms with E-state index < -0.39 is 16.2 Å². The van der Waals surface area contributed by atoms with Crippen molar-refractivity contribution in [3.05, 3.63) is 35.5 Å². The van der Waals surface area contributed by atoms with Gasteiger partial charge in [0.15, 0.2) is 17.3 Å². The van der Waals surface area contributed by atoms with Crippen molar-refractivity contribution in [3.63, 3.8) is 0 Å². The Hall–Kier alpha value is -0.786. The molecule has 3 N–H and O–H groups in total. The van der Waals surface area contributed by atoms with Crippen molar-refractivity contribution in [2.24, 2.45) is 32.5 Å². The van der Waals surface area contributed by atoms with Gasteiger partial charge in [-0.3, -0.25) is 14.4 Å². The fourth-order valence-electron chi connectivity index (χ4n) is 1.67. The Morgan fingerprint density at radius 3 is 0.550 bits per heavy atom. The van der Waals surface area contributed by atoms with Crippen molar-refractivity contribution in [2.75, 3.05) is 0 Å². The van der Waals surface area contributed by atoms with Crippen molar-refractivity contribution in [1.29, 1.82) is 0 Å². The van der Waals surface area contributed by atoms with E-state index in [0.717, 1.165) is 0 Å². The maximum atomic E-state index is 11.5. The average molecular weight is 705 g/mol. The molecule has 6 nitrogen and oxygen atoms in total. The summed E-state index contributed by atoms with van der Waals surface area (Å²) in [6.45, 7) is 33.3. The van der Waals surface area contributed by atoms with Gasteiger partial charge < -0.3 is 15.3 Å². The SMILES string of the molecule is CC(C)(C)C(=O)C=C(O)C(C)(C)C.CC(C)(C)C(=O)C=C(O)C(C)(C)C.CC(C)(C)C(=O)C=C(O)C(C)(C)C.[Eu]. The molecule has 0 spiro atoms. The van der Waals surface area contributed by atoms with E-state index in [0.29, 0.717) is 0 Å². The molecule has 0 aromatic rings. The Balaban J connectivity index is -0.000000240. The topological polar surface area (TPSA) is 112 Å². The van der Waals surface area contributed by atoms with Crippen molar-refractivity contribution in [1.82, 2.24) is 0 Å². The number of aliphatic hydroxyl groups is 3. The molecular formula is C33H60EuO6. The molecule has 0 unspecified atom stereocenters. The van der Waals surface area contributed by atoms with Crippen LogP contribution < -0.4 is 0 Å². The van der Waals surface area contributed by atoms with Crippen LogP contribution in [0.15, 0.2) is 35.5 Å². The summed E-state index contributed by atoms with van der Waals surface area (Å²) in [5.41, 5.74) is -2.29. The van der Waals surface area contributed by atoms with Crippen LogP contribution in [0.1, 0.15) is 125 Å². The molecule has 7 heteroatoms. The van der Waals surface area contributed by atoms with Gasteiger partial charge in [-0.05, 0) is 0 Å². The first-order valence-corrected chi connectivity index (χ1v) is 13.5. The summed E-state index contributed by atoms with van der Waals surface area (Å²) in [6, 6.07) is 0. The molecule has 0 rings (SSSR count). The molecule has 0 saturated carbocycles. The molecule has 0 aliphatic rings. The number of ketones is 3. The summed E-state index contributed by atoms with van der Waals surface area (Å²) in [4.78, 5) is 34.5. The summed E-state index contributed by atoms with van der Waals surface area (Å²) in [5, 5.41) is 28.7. The third kappa shape index (κ3) is 21.9. The van der Waals surface area contributed by atoms with Crippen LogP contribution in [0.4, 0.5) is 0 Å². The van der Waals surface area contributed by atoms with E-state index in [-0.39, 0.29) is 100 Å². The van der Waals surface area contributed by atoms with Crippen molar-refractivity contribution in [3.8, 4) is 0 Å². The van der Waals surface area contributed by atoms with Gasteiger partial charge in [0.05, 0.1) is 0 Å². The number of allylic oxidation sites excluding steroid dienone is 6. The first-order chi connectivity index (χ1) is 16.6. The molecule has 40 heavy (non-hydrogen) atoms. The molecule has 0 aliphatic carbocycles. The van der Waals surface area contributed by atoms with Gasteiger partial charge in [0, 0.05) is 100 Å². The molecule has 0 saturated heterocycles. The number of carbonyl (C=O) groups excluding carboxylic acids is 3. The largest absolute Gasteiger partial charge is 0.512 e. The number of hydrogen-bond acceptors (Lipinski definition) is 6. The van der Waals surface area contributed by atoms with Gasteiger partial charge in [-0.2, -0.15) is 0 Å². The van der Waals surface area contributed by atoms with E-state index in [1.54, 1.807) is 0 Å². The quantitative estimate of drug-likeness (QED) is 0.200. The fourth-order valence-corrected chi connectivity index (χ4v) is 1.67. The van der Waals surface area contributed by atoms with Crippen molar-refractivity contribution < 1.29 is 79.1 Å². The smallest absolute Gasteiger partial charge is 0.164 e. The van der Waals surface area contributed by atoms with Crippen molar-refractivity contribution >= 4 is 17.3 Å². The van der Waals surface area contributed by atoms with Gasteiger partial charge in [-0.1, -0.05) is 125 Å². The maximum Gasteiger partial charge on any atom is 0.164 e. The summed E-state index contributed by atoms with van der Waals surface area (Å²) in [6.07, 6.45) is 4.00. The van der Waals surface area contributed by atoms with Crippen LogP contribution in [0.2, 0.25) is 0 Å². The number of aliphatic hydroxyl groups excluding tert-OH is 3. The van der Waals surface area contributed by atoms with Crippen LogP contribution in [0.5, 0.6) is 0 Å². The molecule has 0 atom stereocenters. The minimum absolute atomic E-state index is 0. The molecular weight excluding hydrogens is 644 g/mol. The van der Waals surface area contributed by atoms with Crippen molar-refractivity contribution in [2.45, 2.75) is 125 Å². The molecule has 0 amide bonds. The van der Waals surface area contributed by atoms with Gasteiger partial charge in [0.25, 0.3) is 0 Å². The Kier molecular flexibility index (Phi) is 19.3. The third-order valence-corrected chi connectivity index (χ3v) is 5.33. The number of carbonyl (C=O) groups is 3. The molecule has 0 bridgehead atoms. The summed E-state index contributed by atoms with van der Waals surface area (Å²) < 4.78 is 0.